The quantitative estimate of drug-likeness (QED) is 0.871. The Labute approximate surface area is 116 Å². The second kappa shape index (κ2) is 4.59. The van der Waals surface area contributed by atoms with Crippen LogP contribution in [0.1, 0.15) is 17.0 Å². The number of nitriles is 1. The van der Waals surface area contributed by atoms with Crippen LogP contribution in [0.15, 0.2) is 23.3 Å². The Morgan fingerprint density at radius 3 is 2.76 bits per heavy atom. The summed E-state index contributed by atoms with van der Waals surface area (Å²) in [6.07, 6.45) is -2.00. The number of nitrogens with zero attached hydrogens (tertiary/aromatic N) is 5. The molecule has 0 radical (unpaired) electrons. The summed E-state index contributed by atoms with van der Waals surface area (Å²) in [7, 11) is 0. The first-order valence-corrected chi connectivity index (χ1v) is 5.82. The van der Waals surface area contributed by atoms with Gasteiger partial charge in [-0.2, -0.15) is 23.5 Å². The summed E-state index contributed by atoms with van der Waals surface area (Å²) in [5.74, 6) is 0.409. The summed E-state index contributed by atoms with van der Waals surface area (Å²) < 4.78 is 38.8. The van der Waals surface area contributed by atoms with E-state index in [1.807, 2.05) is 6.07 Å². The molecule has 0 saturated carbocycles. The molecule has 1 N–H and O–H groups in total. The van der Waals surface area contributed by atoms with E-state index in [1.54, 1.807) is 0 Å². The van der Waals surface area contributed by atoms with E-state index in [4.69, 9.17) is 5.26 Å². The number of hydrogen-bond acceptors (Lipinski definition) is 5. The maximum atomic E-state index is 12.5. The molecule has 3 heterocycles. The Morgan fingerprint density at radius 2 is 2.14 bits per heavy atom. The zero-order valence-electron chi connectivity index (χ0n) is 10.4. The largest absolute Gasteiger partial charge is 0.433 e. The van der Waals surface area contributed by atoms with E-state index in [9.17, 15) is 13.2 Å². The molecular weight excluding hydrogens is 285 g/mol. The Bertz CT molecular complexity index is 751. The topological polar surface area (TPSA) is 78.9 Å². The molecule has 0 amide bonds. The van der Waals surface area contributed by atoms with Gasteiger partial charge in [-0.25, -0.2) is 14.7 Å². The highest BCUT2D eigenvalue weighted by atomic mass is 19.4. The van der Waals surface area contributed by atoms with E-state index in [1.165, 1.54) is 17.1 Å². The van der Waals surface area contributed by atoms with Crippen LogP contribution >= 0.6 is 0 Å². The van der Waals surface area contributed by atoms with Gasteiger partial charge >= 0.3 is 6.18 Å². The van der Waals surface area contributed by atoms with Crippen molar-refractivity contribution >= 4 is 12.2 Å². The number of aliphatic imine (C=N–C) groups is 1. The van der Waals surface area contributed by atoms with Crippen molar-refractivity contribution in [3.8, 4) is 11.8 Å². The van der Waals surface area contributed by atoms with Gasteiger partial charge in [-0.15, -0.1) is 0 Å². The van der Waals surface area contributed by atoms with Crippen molar-refractivity contribution in [3.05, 3.63) is 35.3 Å². The van der Waals surface area contributed by atoms with Gasteiger partial charge in [-0.1, -0.05) is 0 Å². The van der Waals surface area contributed by atoms with Crippen LogP contribution < -0.4 is 5.32 Å². The van der Waals surface area contributed by atoms with Crippen molar-refractivity contribution in [1.82, 2.24) is 20.1 Å². The summed E-state index contributed by atoms with van der Waals surface area (Å²) in [4.78, 5) is 7.45. The average Bonchev–Trinajstić information content (AvgIpc) is 2.85. The SMILES string of the molecule is N#Cc1nn(-c2ccc(C(F)(F)F)nc2)c2c1CNC=N2. The molecular formula is C12H7F3N6. The molecule has 9 heteroatoms. The third kappa shape index (κ3) is 2.20. The third-order valence-electron chi connectivity index (χ3n) is 2.90. The van der Waals surface area contributed by atoms with Gasteiger partial charge < -0.3 is 5.32 Å². The number of aromatic nitrogens is 3. The summed E-state index contributed by atoms with van der Waals surface area (Å²) >= 11 is 0. The lowest BCUT2D eigenvalue weighted by Gasteiger charge is -2.10. The Kier molecular flexibility index (Phi) is 2.86. The molecule has 2 aromatic rings. The minimum Gasteiger partial charge on any atom is -0.372 e. The van der Waals surface area contributed by atoms with Gasteiger partial charge in [0.25, 0.3) is 0 Å². The fraction of sp³-hybridized carbons (Fsp3) is 0.167. The van der Waals surface area contributed by atoms with Crippen molar-refractivity contribution in [1.29, 1.82) is 5.26 Å². The molecule has 0 aliphatic carbocycles. The Morgan fingerprint density at radius 1 is 1.33 bits per heavy atom. The highest BCUT2D eigenvalue weighted by Crippen LogP contribution is 2.30. The van der Waals surface area contributed by atoms with Crippen molar-refractivity contribution in [3.63, 3.8) is 0 Å². The van der Waals surface area contributed by atoms with Gasteiger partial charge in [0.05, 0.1) is 23.8 Å². The molecule has 1 aliphatic rings. The van der Waals surface area contributed by atoms with E-state index < -0.39 is 11.9 Å². The summed E-state index contributed by atoms with van der Waals surface area (Å²) in [6.45, 7) is 0.385. The first-order chi connectivity index (χ1) is 10.0. The van der Waals surface area contributed by atoms with Crippen LogP contribution in [0.3, 0.4) is 0 Å². The van der Waals surface area contributed by atoms with E-state index in [0.717, 1.165) is 12.3 Å². The summed E-state index contributed by atoms with van der Waals surface area (Å²) in [5, 5.41) is 15.9. The highest BCUT2D eigenvalue weighted by molar-refractivity contribution is 5.67. The predicted molar refractivity (Wildman–Crippen MR) is 66.1 cm³/mol. The summed E-state index contributed by atoms with van der Waals surface area (Å²) in [5.41, 5.74) is 0.0897. The van der Waals surface area contributed by atoms with Crippen LogP contribution in [-0.2, 0) is 12.7 Å². The van der Waals surface area contributed by atoms with E-state index in [2.05, 4.69) is 20.4 Å². The fourth-order valence-electron chi connectivity index (χ4n) is 1.94. The number of pyridine rings is 1. The smallest absolute Gasteiger partial charge is 0.372 e. The number of fused-ring (bicyclic) bond motifs is 1. The van der Waals surface area contributed by atoms with Gasteiger partial charge in [-0.05, 0) is 12.1 Å². The van der Waals surface area contributed by atoms with Crippen LogP contribution in [0.25, 0.3) is 5.69 Å². The van der Waals surface area contributed by atoms with Crippen LogP contribution in [0.2, 0.25) is 0 Å². The zero-order valence-corrected chi connectivity index (χ0v) is 10.4. The number of alkyl halides is 3. The van der Waals surface area contributed by atoms with Crippen LogP contribution in [-0.4, -0.2) is 21.1 Å². The molecule has 0 fully saturated rings. The number of halogens is 3. The average molecular weight is 292 g/mol. The third-order valence-corrected chi connectivity index (χ3v) is 2.90. The molecule has 6 nitrogen and oxygen atoms in total. The first kappa shape index (κ1) is 13.1. The lowest BCUT2D eigenvalue weighted by molar-refractivity contribution is -0.141. The van der Waals surface area contributed by atoms with E-state index in [-0.39, 0.29) is 5.69 Å². The number of nitrogens with one attached hydrogen (secondary N) is 1. The van der Waals surface area contributed by atoms with Crippen LogP contribution in [0.5, 0.6) is 0 Å². The molecule has 3 rings (SSSR count). The van der Waals surface area contributed by atoms with Crippen molar-refractivity contribution < 1.29 is 13.2 Å². The molecule has 0 saturated heterocycles. The van der Waals surface area contributed by atoms with Crippen molar-refractivity contribution in [2.75, 3.05) is 0 Å². The second-order valence-corrected chi connectivity index (χ2v) is 4.21. The molecule has 0 spiro atoms. The minimum absolute atomic E-state index is 0.175. The standard InChI is InChI=1S/C12H7F3N6/c13-12(14,15)10-2-1-7(4-18-10)21-11-8(5-17-6-19-11)9(3-16)20-21/h1-2,4,6H,5H2,(H,17,19). The predicted octanol–water partition coefficient (Wildman–Crippen LogP) is 1.92. The summed E-state index contributed by atoms with van der Waals surface area (Å²) in [6, 6.07) is 4.03. The van der Waals surface area contributed by atoms with Gasteiger partial charge in [0.15, 0.2) is 11.5 Å². The van der Waals surface area contributed by atoms with Gasteiger partial charge in [0.1, 0.15) is 11.8 Å². The van der Waals surface area contributed by atoms with Crippen molar-refractivity contribution in [2.45, 2.75) is 12.7 Å². The second-order valence-electron chi connectivity index (χ2n) is 4.21. The monoisotopic (exact) mass is 292 g/mol. The minimum atomic E-state index is -4.50. The molecule has 1 aliphatic heterocycles. The van der Waals surface area contributed by atoms with Crippen LogP contribution in [0.4, 0.5) is 19.0 Å². The zero-order chi connectivity index (χ0) is 15.0. The molecule has 0 atom stereocenters. The Balaban J connectivity index is 2.08. The van der Waals surface area contributed by atoms with E-state index >= 15 is 0 Å². The molecule has 0 aromatic carbocycles. The lowest BCUT2D eigenvalue weighted by atomic mass is 10.2. The Hall–Kier alpha value is -2.89. The molecule has 0 unspecified atom stereocenters. The first-order valence-electron chi connectivity index (χ1n) is 5.82. The van der Waals surface area contributed by atoms with Gasteiger partial charge in [0, 0.05) is 6.54 Å². The normalized spacial score (nSPS) is 13.4. The maximum absolute atomic E-state index is 12.5. The van der Waals surface area contributed by atoms with Crippen molar-refractivity contribution in [2.24, 2.45) is 4.99 Å². The number of hydrogen-bond donors (Lipinski definition) is 1. The number of rotatable bonds is 1. The highest BCUT2D eigenvalue weighted by Gasteiger charge is 2.32. The lowest BCUT2D eigenvalue weighted by Crippen LogP contribution is -2.14. The van der Waals surface area contributed by atoms with Gasteiger partial charge in [-0.3, -0.25) is 0 Å². The molecule has 21 heavy (non-hydrogen) atoms. The maximum Gasteiger partial charge on any atom is 0.433 e. The molecule has 2 aromatic heterocycles. The van der Waals surface area contributed by atoms with Gasteiger partial charge in [0.2, 0.25) is 0 Å². The molecule has 0 bridgehead atoms. The molecule has 106 valence electrons. The van der Waals surface area contributed by atoms with Crippen LogP contribution in [0, 0.1) is 11.3 Å². The van der Waals surface area contributed by atoms with E-state index in [0.29, 0.717) is 23.6 Å². The fourth-order valence-corrected chi connectivity index (χ4v) is 1.94.